The minimum absolute atomic E-state index is 0.0815. The van der Waals surface area contributed by atoms with Crippen molar-refractivity contribution >= 4 is 11.9 Å². The molecule has 1 heterocycles. The van der Waals surface area contributed by atoms with Crippen molar-refractivity contribution in [1.29, 1.82) is 0 Å². The van der Waals surface area contributed by atoms with E-state index in [1.807, 2.05) is 0 Å². The number of carboxylic acids is 1. The summed E-state index contributed by atoms with van der Waals surface area (Å²) in [6.45, 7) is 0.907. The van der Waals surface area contributed by atoms with Gasteiger partial charge in [0.15, 0.2) is 0 Å². The minimum Gasteiger partial charge on any atom is -0.478 e. The molecule has 0 aromatic heterocycles. The second-order valence-corrected chi connectivity index (χ2v) is 6.55. The molecule has 0 aliphatic carbocycles. The number of ether oxygens (including phenoxy) is 1. The molecule has 2 aromatic rings. The highest BCUT2D eigenvalue weighted by atomic mass is 19.4. The third-order valence-corrected chi connectivity index (χ3v) is 4.60. The van der Waals surface area contributed by atoms with Gasteiger partial charge in [0.25, 0.3) is 0 Å². The van der Waals surface area contributed by atoms with Gasteiger partial charge in [0, 0.05) is 19.5 Å². The molecule has 0 saturated heterocycles. The number of rotatable bonds is 5. The lowest BCUT2D eigenvalue weighted by molar-refractivity contribution is -0.274. The van der Waals surface area contributed by atoms with E-state index in [9.17, 15) is 22.8 Å². The maximum absolute atomic E-state index is 12.5. The van der Waals surface area contributed by atoms with E-state index < -0.39 is 12.3 Å². The van der Waals surface area contributed by atoms with Crippen LogP contribution in [0.4, 0.5) is 13.2 Å². The zero-order valence-electron chi connectivity index (χ0n) is 14.8. The maximum Gasteiger partial charge on any atom is 0.573 e. The lowest BCUT2D eigenvalue weighted by Crippen LogP contribution is -2.36. The first-order chi connectivity index (χ1) is 13.2. The highest BCUT2D eigenvalue weighted by Gasteiger charge is 2.31. The monoisotopic (exact) mass is 393 g/mol. The molecule has 3 rings (SSSR count). The number of fused-ring (bicyclic) bond motifs is 1. The smallest absolute Gasteiger partial charge is 0.478 e. The van der Waals surface area contributed by atoms with E-state index >= 15 is 0 Å². The van der Waals surface area contributed by atoms with Crippen molar-refractivity contribution in [1.82, 2.24) is 4.90 Å². The molecule has 8 heteroatoms. The predicted octanol–water partition coefficient (Wildman–Crippen LogP) is 3.80. The number of hydrogen-bond acceptors (Lipinski definition) is 3. The van der Waals surface area contributed by atoms with Gasteiger partial charge in [0.05, 0.1) is 5.56 Å². The topological polar surface area (TPSA) is 66.8 Å². The second kappa shape index (κ2) is 7.92. The number of benzene rings is 2. The molecule has 0 atom stereocenters. The molecule has 148 valence electrons. The average Bonchev–Trinajstić information content (AvgIpc) is 2.65. The quantitative estimate of drug-likeness (QED) is 0.839. The normalized spacial score (nSPS) is 13.8. The third-order valence-electron chi connectivity index (χ3n) is 4.60. The van der Waals surface area contributed by atoms with Gasteiger partial charge in [-0.2, -0.15) is 0 Å². The van der Waals surface area contributed by atoms with Crippen LogP contribution in [0.3, 0.4) is 0 Å². The van der Waals surface area contributed by atoms with E-state index in [0.29, 0.717) is 25.9 Å². The zero-order valence-corrected chi connectivity index (χ0v) is 14.8. The van der Waals surface area contributed by atoms with E-state index in [1.54, 1.807) is 23.1 Å². The Morgan fingerprint density at radius 1 is 1.07 bits per heavy atom. The summed E-state index contributed by atoms with van der Waals surface area (Å²) in [7, 11) is 0. The molecular formula is C20H18F3NO4. The predicted molar refractivity (Wildman–Crippen MR) is 94.0 cm³/mol. The summed E-state index contributed by atoms with van der Waals surface area (Å²) < 4.78 is 40.3. The molecule has 1 N–H and O–H groups in total. The van der Waals surface area contributed by atoms with Crippen LogP contribution in [0.15, 0.2) is 42.5 Å². The molecule has 2 aromatic carbocycles. The Balaban J connectivity index is 1.57. The zero-order chi connectivity index (χ0) is 20.3. The average molecular weight is 393 g/mol. The van der Waals surface area contributed by atoms with Gasteiger partial charge in [-0.25, -0.2) is 4.79 Å². The van der Waals surface area contributed by atoms with Crippen LogP contribution < -0.4 is 4.74 Å². The summed E-state index contributed by atoms with van der Waals surface area (Å²) in [5.41, 5.74) is 2.78. The van der Waals surface area contributed by atoms with E-state index in [-0.39, 0.29) is 23.6 Å². The van der Waals surface area contributed by atoms with Gasteiger partial charge in [0.2, 0.25) is 5.91 Å². The number of halogens is 3. The van der Waals surface area contributed by atoms with Crippen LogP contribution in [0.5, 0.6) is 5.75 Å². The van der Waals surface area contributed by atoms with Crippen LogP contribution in [0.25, 0.3) is 0 Å². The summed E-state index contributed by atoms with van der Waals surface area (Å²) in [4.78, 5) is 25.3. The number of hydrogen-bond donors (Lipinski definition) is 1. The summed E-state index contributed by atoms with van der Waals surface area (Å²) >= 11 is 0. The molecule has 1 aliphatic heterocycles. The summed E-state index contributed by atoms with van der Waals surface area (Å²) in [6.07, 6.45) is -3.47. The largest absolute Gasteiger partial charge is 0.573 e. The fourth-order valence-electron chi connectivity index (χ4n) is 3.17. The van der Waals surface area contributed by atoms with E-state index in [2.05, 4.69) is 4.74 Å². The first kappa shape index (κ1) is 19.7. The molecule has 0 radical (unpaired) electrons. The number of carbonyl (C=O) groups is 2. The Morgan fingerprint density at radius 2 is 1.79 bits per heavy atom. The molecule has 1 aliphatic rings. The van der Waals surface area contributed by atoms with Crippen molar-refractivity contribution in [2.45, 2.75) is 32.2 Å². The number of alkyl halides is 3. The SMILES string of the molecule is O=C(O)c1ccc2c(c1)CN(C(=O)CCc1ccc(OC(F)(F)F)cc1)CC2. The van der Waals surface area contributed by atoms with Crippen LogP contribution in [-0.4, -0.2) is 34.8 Å². The fourth-order valence-corrected chi connectivity index (χ4v) is 3.17. The number of nitrogens with zero attached hydrogens (tertiary/aromatic N) is 1. The molecule has 0 bridgehead atoms. The Hall–Kier alpha value is -3.03. The Labute approximate surface area is 159 Å². The molecule has 1 amide bonds. The number of aryl methyl sites for hydroxylation is 1. The third kappa shape index (κ3) is 5.03. The van der Waals surface area contributed by atoms with Gasteiger partial charge < -0.3 is 14.7 Å². The lowest BCUT2D eigenvalue weighted by Gasteiger charge is -2.29. The lowest BCUT2D eigenvalue weighted by atomic mass is 9.97. The Morgan fingerprint density at radius 3 is 2.43 bits per heavy atom. The number of aromatic carboxylic acids is 1. The van der Waals surface area contributed by atoms with Crippen LogP contribution in [0.2, 0.25) is 0 Å². The highest BCUT2D eigenvalue weighted by Crippen LogP contribution is 2.24. The highest BCUT2D eigenvalue weighted by molar-refractivity contribution is 5.88. The fraction of sp³-hybridized carbons (Fsp3) is 0.300. The van der Waals surface area contributed by atoms with E-state index in [1.165, 1.54) is 24.3 Å². The van der Waals surface area contributed by atoms with Gasteiger partial charge in [-0.3, -0.25) is 4.79 Å². The van der Waals surface area contributed by atoms with Gasteiger partial charge in [-0.15, -0.1) is 13.2 Å². The number of amides is 1. The first-order valence-electron chi connectivity index (χ1n) is 8.69. The molecule has 0 fully saturated rings. The van der Waals surface area contributed by atoms with Crippen molar-refractivity contribution in [2.24, 2.45) is 0 Å². The first-order valence-corrected chi connectivity index (χ1v) is 8.69. The minimum atomic E-state index is -4.73. The second-order valence-electron chi connectivity index (χ2n) is 6.55. The van der Waals surface area contributed by atoms with E-state index in [4.69, 9.17) is 5.11 Å². The van der Waals surface area contributed by atoms with Crippen LogP contribution in [0.1, 0.15) is 33.5 Å². The molecule has 5 nitrogen and oxygen atoms in total. The van der Waals surface area contributed by atoms with Crippen LogP contribution in [-0.2, 0) is 24.2 Å². The summed E-state index contributed by atoms with van der Waals surface area (Å²) in [6, 6.07) is 10.4. The maximum atomic E-state index is 12.5. The van der Waals surface area contributed by atoms with Gasteiger partial charge in [-0.1, -0.05) is 18.2 Å². The van der Waals surface area contributed by atoms with Crippen molar-refractivity contribution in [3.8, 4) is 5.75 Å². The van der Waals surface area contributed by atoms with Crippen molar-refractivity contribution in [3.05, 3.63) is 64.7 Å². The molecule has 0 unspecified atom stereocenters. The molecule has 28 heavy (non-hydrogen) atoms. The molecule has 0 spiro atoms. The number of carboxylic acid groups (broad SMARTS) is 1. The molecular weight excluding hydrogens is 375 g/mol. The van der Waals surface area contributed by atoms with Crippen molar-refractivity contribution in [2.75, 3.05) is 6.54 Å². The number of carbonyl (C=O) groups excluding carboxylic acids is 1. The Bertz CT molecular complexity index is 878. The summed E-state index contributed by atoms with van der Waals surface area (Å²) in [5.74, 6) is -1.39. The van der Waals surface area contributed by atoms with Gasteiger partial charge >= 0.3 is 12.3 Å². The van der Waals surface area contributed by atoms with Gasteiger partial charge in [0.1, 0.15) is 5.75 Å². The van der Waals surface area contributed by atoms with Gasteiger partial charge in [-0.05, 0) is 53.8 Å². The summed E-state index contributed by atoms with van der Waals surface area (Å²) in [5, 5.41) is 9.10. The Kier molecular flexibility index (Phi) is 5.58. The molecule has 0 saturated carbocycles. The van der Waals surface area contributed by atoms with Crippen molar-refractivity contribution in [3.63, 3.8) is 0 Å². The van der Waals surface area contributed by atoms with Crippen LogP contribution in [0, 0.1) is 0 Å². The van der Waals surface area contributed by atoms with Crippen LogP contribution >= 0.6 is 0 Å². The standard InChI is InChI=1S/C20H18F3NO4/c21-20(22,23)28-17-6-1-13(2-7-17)3-8-18(25)24-10-9-14-4-5-15(19(26)27)11-16(14)12-24/h1-2,4-7,11H,3,8-10,12H2,(H,26,27). The van der Waals surface area contributed by atoms with E-state index in [0.717, 1.165) is 16.7 Å². The van der Waals surface area contributed by atoms with Crippen molar-refractivity contribution < 1.29 is 32.6 Å².